The summed E-state index contributed by atoms with van der Waals surface area (Å²) in [5, 5.41) is 0. The zero-order valence-corrected chi connectivity index (χ0v) is 11.6. The number of carbonyl (C=O) groups is 1. The minimum atomic E-state index is -0.199. The molecule has 0 aromatic heterocycles. The number of methoxy groups -OCH3 is 1. The molecule has 1 aromatic carbocycles. The smallest absolute Gasteiger partial charge is 0.410 e. The van der Waals surface area contributed by atoms with Crippen molar-refractivity contribution in [3.05, 3.63) is 48.2 Å². The molecule has 1 saturated carbocycles. The third kappa shape index (κ3) is 2.64. The molecule has 1 aliphatic carbocycles. The molecule has 1 aromatic rings. The molecule has 2 aliphatic rings. The largest absolute Gasteiger partial charge is 0.505 e. The third-order valence-electron chi connectivity index (χ3n) is 4.16. The minimum Gasteiger partial charge on any atom is -0.505 e. The van der Waals surface area contributed by atoms with Gasteiger partial charge in [0.2, 0.25) is 0 Å². The number of nitrogens with zero attached hydrogens (tertiary/aromatic N) is 1. The molecule has 0 radical (unpaired) electrons. The van der Waals surface area contributed by atoms with Gasteiger partial charge < -0.3 is 14.4 Å². The van der Waals surface area contributed by atoms with E-state index in [1.807, 2.05) is 35.2 Å². The number of rotatable bonds is 4. The van der Waals surface area contributed by atoms with Crippen LogP contribution in [0.15, 0.2) is 42.7 Å². The summed E-state index contributed by atoms with van der Waals surface area (Å²) in [6.07, 6.45) is 3.64. The molecule has 3 rings (SSSR count). The molecule has 1 amide bonds. The molecule has 0 bridgehead atoms. The molecule has 4 nitrogen and oxygen atoms in total. The van der Waals surface area contributed by atoms with Crippen LogP contribution in [0.3, 0.4) is 0 Å². The molecule has 1 aliphatic heterocycles. The maximum atomic E-state index is 12.0. The second-order valence-corrected chi connectivity index (χ2v) is 5.41. The van der Waals surface area contributed by atoms with Crippen molar-refractivity contribution in [1.29, 1.82) is 0 Å². The summed E-state index contributed by atoms with van der Waals surface area (Å²) in [6.45, 7) is 1.95. The summed E-state index contributed by atoms with van der Waals surface area (Å²) >= 11 is 0. The van der Waals surface area contributed by atoms with E-state index in [9.17, 15) is 4.79 Å². The lowest BCUT2D eigenvalue weighted by atomic mass is 10.2. The van der Waals surface area contributed by atoms with E-state index in [0.717, 1.165) is 18.7 Å². The van der Waals surface area contributed by atoms with Gasteiger partial charge in [0.15, 0.2) is 0 Å². The number of ether oxygens (including phenoxy) is 2. The van der Waals surface area contributed by atoms with Gasteiger partial charge in [-0.15, -0.1) is 0 Å². The first-order valence-corrected chi connectivity index (χ1v) is 6.94. The number of likely N-dealkylation sites (tertiary alicyclic amines) is 1. The fraction of sp³-hybridized carbons (Fsp3) is 0.438. The zero-order valence-electron chi connectivity index (χ0n) is 11.6. The number of hydrogen-bond acceptors (Lipinski definition) is 3. The van der Waals surface area contributed by atoms with Crippen LogP contribution in [0.25, 0.3) is 0 Å². The Labute approximate surface area is 119 Å². The van der Waals surface area contributed by atoms with Gasteiger partial charge in [-0.2, -0.15) is 0 Å². The topological polar surface area (TPSA) is 38.8 Å². The van der Waals surface area contributed by atoms with Crippen molar-refractivity contribution in [3.8, 4) is 0 Å². The van der Waals surface area contributed by atoms with Gasteiger partial charge in [-0.1, -0.05) is 30.3 Å². The van der Waals surface area contributed by atoms with Crippen LogP contribution in [0.4, 0.5) is 4.79 Å². The average molecular weight is 273 g/mol. The Morgan fingerprint density at radius 2 is 2.00 bits per heavy atom. The van der Waals surface area contributed by atoms with Crippen LogP contribution in [0.1, 0.15) is 5.56 Å². The molecular formula is C16H19NO3. The van der Waals surface area contributed by atoms with Gasteiger partial charge >= 0.3 is 6.09 Å². The van der Waals surface area contributed by atoms with Gasteiger partial charge in [-0.3, -0.25) is 0 Å². The first kappa shape index (κ1) is 13.0. The van der Waals surface area contributed by atoms with Gasteiger partial charge in [0.1, 0.15) is 6.61 Å². The lowest BCUT2D eigenvalue weighted by Gasteiger charge is -2.18. The summed E-state index contributed by atoms with van der Waals surface area (Å²) in [5.41, 5.74) is 1.02. The Hall–Kier alpha value is -1.97. The van der Waals surface area contributed by atoms with Crippen LogP contribution < -0.4 is 0 Å². The summed E-state index contributed by atoms with van der Waals surface area (Å²) < 4.78 is 10.3. The average Bonchev–Trinajstić information content (AvgIpc) is 2.93. The van der Waals surface area contributed by atoms with E-state index >= 15 is 0 Å². The first-order valence-electron chi connectivity index (χ1n) is 6.94. The maximum Gasteiger partial charge on any atom is 0.410 e. The SMILES string of the molecule is COC=CC1C2CN(C(=O)OCc3ccccc3)CC12. The van der Waals surface area contributed by atoms with Crippen molar-refractivity contribution in [2.75, 3.05) is 20.2 Å². The minimum absolute atomic E-state index is 0.199. The van der Waals surface area contributed by atoms with Crippen molar-refractivity contribution in [3.63, 3.8) is 0 Å². The van der Waals surface area contributed by atoms with E-state index in [1.165, 1.54) is 0 Å². The maximum absolute atomic E-state index is 12.0. The van der Waals surface area contributed by atoms with E-state index in [0.29, 0.717) is 24.4 Å². The van der Waals surface area contributed by atoms with E-state index in [-0.39, 0.29) is 6.09 Å². The number of carbonyl (C=O) groups excluding carboxylic acids is 1. The van der Waals surface area contributed by atoms with Crippen LogP contribution in [-0.4, -0.2) is 31.2 Å². The molecule has 4 heteroatoms. The summed E-state index contributed by atoms with van der Waals surface area (Å²) in [5.74, 6) is 1.75. The van der Waals surface area contributed by atoms with Gasteiger partial charge in [0.05, 0.1) is 13.4 Å². The van der Waals surface area contributed by atoms with Gasteiger partial charge in [-0.05, 0) is 29.4 Å². The number of piperidine rings is 1. The Kier molecular flexibility index (Phi) is 3.63. The number of amides is 1. The molecule has 2 unspecified atom stereocenters. The van der Waals surface area contributed by atoms with Crippen LogP contribution in [0.2, 0.25) is 0 Å². The van der Waals surface area contributed by atoms with Crippen molar-refractivity contribution >= 4 is 6.09 Å². The Morgan fingerprint density at radius 1 is 1.30 bits per heavy atom. The normalized spacial score (nSPS) is 27.4. The lowest BCUT2D eigenvalue weighted by molar-refractivity contribution is 0.0994. The van der Waals surface area contributed by atoms with Gasteiger partial charge in [-0.25, -0.2) is 4.79 Å². The highest BCUT2D eigenvalue weighted by Crippen LogP contribution is 2.52. The predicted molar refractivity (Wildman–Crippen MR) is 74.8 cm³/mol. The molecular weight excluding hydrogens is 254 g/mol. The quantitative estimate of drug-likeness (QED) is 0.792. The Balaban J connectivity index is 1.44. The molecule has 0 N–H and O–H groups in total. The van der Waals surface area contributed by atoms with Gasteiger partial charge in [0.25, 0.3) is 0 Å². The number of benzene rings is 1. The summed E-state index contributed by atoms with van der Waals surface area (Å²) in [4.78, 5) is 13.8. The molecule has 106 valence electrons. The van der Waals surface area contributed by atoms with E-state index in [1.54, 1.807) is 13.4 Å². The Morgan fingerprint density at radius 3 is 2.65 bits per heavy atom. The summed E-state index contributed by atoms with van der Waals surface area (Å²) in [7, 11) is 1.65. The fourth-order valence-corrected chi connectivity index (χ4v) is 2.99. The number of allylic oxidation sites excluding steroid dienone is 1. The predicted octanol–water partition coefficient (Wildman–Crippen LogP) is 2.66. The number of hydrogen-bond donors (Lipinski definition) is 0. The van der Waals surface area contributed by atoms with E-state index < -0.39 is 0 Å². The van der Waals surface area contributed by atoms with E-state index in [4.69, 9.17) is 9.47 Å². The van der Waals surface area contributed by atoms with Crippen LogP contribution in [-0.2, 0) is 16.1 Å². The van der Waals surface area contributed by atoms with Crippen molar-refractivity contribution < 1.29 is 14.3 Å². The number of fused-ring (bicyclic) bond motifs is 1. The lowest BCUT2D eigenvalue weighted by Crippen LogP contribution is -2.31. The second-order valence-electron chi connectivity index (χ2n) is 5.41. The highest BCUT2D eigenvalue weighted by molar-refractivity contribution is 5.68. The molecule has 2 fully saturated rings. The van der Waals surface area contributed by atoms with Crippen LogP contribution in [0, 0.1) is 17.8 Å². The van der Waals surface area contributed by atoms with Gasteiger partial charge in [0, 0.05) is 13.1 Å². The molecule has 1 saturated heterocycles. The summed E-state index contributed by atoms with van der Waals surface area (Å²) in [6, 6.07) is 9.76. The monoisotopic (exact) mass is 273 g/mol. The highest BCUT2D eigenvalue weighted by atomic mass is 16.6. The highest BCUT2D eigenvalue weighted by Gasteiger charge is 2.55. The first-order chi connectivity index (χ1) is 9.79. The zero-order chi connectivity index (χ0) is 13.9. The van der Waals surface area contributed by atoms with Crippen molar-refractivity contribution in [2.24, 2.45) is 17.8 Å². The Bertz CT molecular complexity index is 488. The van der Waals surface area contributed by atoms with Crippen molar-refractivity contribution in [1.82, 2.24) is 4.90 Å². The molecule has 1 heterocycles. The van der Waals surface area contributed by atoms with E-state index in [2.05, 4.69) is 6.08 Å². The second kappa shape index (κ2) is 5.57. The molecule has 0 spiro atoms. The standard InChI is InChI=1S/C16H19NO3/c1-19-8-7-13-14-9-17(10-15(13)14)16(18)20-11-12-5-3-2-4-6-12/h2-8,13-15H,9-11H2,1H3. The van der Waals surface area contributed by atoms with Crippen LogP contribution >= 0.6 is 0 Å². The molecule has 2 atom stereocenters. The molecule has 20 heavy (non-hydrogen) atoms. The fourth-order valence-electron chi connectivity index (χ4n) is 2.99. The van der Waals surface area contributed by atoms with Crippen LogP contribution in [0.5, 0.6) is 0 Å². The third-order valence-corrected chi connectivity index (χ3v) is 4.16. The van der Waals surface area contributed by atoms with Crippen molar-refractivity contribution in [2.45, 2.75) is 6.61 Å².